The van der Waals surface area contributed by atoms with Crippen molar-refractivity contribution in [2.45, 2.75) is 13.0 Å². The molecule has 1 unspecified atom stereocenters. The molecule has 0 aliphatic carbocycles. The van der Waals surface area contributed by atoms with Crippen LogP contribution in [0, 0.1) is 0 Å². The minimum atomic E-state index is -0.274. The Morgan fingerprint density at radius 3 is 2.68 bits per heavy atom. The number of aromatic nitrogens is 1. The van der Waals surface area contributed by atoms with Crippen molar-refractivity contribution in [3.63, 3.8) is 0 Å². The van der Waals surface area contributed by atoms with Gasteiger partial charge in [0.1, 0.15) is 5.75 Å². The summed E-state index contributed by atoms with van der Waals surface area (Å²) in [6.45, 7) is 2.57. The Morgan fingerprint density at radius 1 is 1.21 bits per heavy atom. The van der Waals surface area contributed by atoms with E-state index in [0.717, 1.165) is 25.8 Å². The maximum Gasteiger partial charge on any atom is 0.124 e. The second-order valence-electron chi connectivity index (χ2n) is 4.03. The molecule has 2 N–H and O–H groups in total. The topological polar surface area (TPSA) is 48.1 Å². The number of pyridine rings is 1. The van der Waals surface area contributed by atoms with E-state index in [0.29, 0.717) is 6.61 Å². The lowest BCUT2D eigenvalue weighted by Crippen LogP contribution is -2.14. The predicted molar refractivity (Wildman–Crippen MR) is 83.3 cm³/mol. The molecule has 3 nitrogen and oxygen atoms in total. The van der Waals surface area contributed by atoms with Crippen molar-refractivity contribution < 1.29 is 4.74 Å². The van der Waals surface area contributed by atoms with Crippen LogP contribution < -0.4 is 10.5 Å². The van der Waals surface area contributed by atoms with Crippen LogP contribution in [0.1, 0.15) is 24.1 Å². The maximum atomic E-state index is 6.32. The van der Waals surface area contributed by atoms with Crippen LogP contribution in [0.3, 0.4) is 0 Å². The minimum Gasteiger partial charge on any atom is -0.494 e. The third-order valence-electron chi connectivity index (χ3n) is 2.69. The summed E-state index contributed by atoms with van der Waals surface area (Å²) < 4.78 is 7.52. The SMILES string of the molecule is CCOc1ccc(Br)cc1C(N)c1cncc(Br)c1. The summed E-state index contributed by atoms with van der Waals surface area (Å²) in [5, 5.41) is 0. The molecule has 0 fully saturated rings. The molecule has 1 atom stereocenters. The molecular formula is C14H14Br2N2O. The van der Waals surface area contributed by atoms with Crippen molar-refractivity contribution in [3.8, 4) is 5.75 Å². The number of hydrogen-bond donors (Lipinski definition) is 1. The highest BCUT2D eigenvalue weighted by Crippen LogP contribution is 2.31. The molecule has 2 rings (SSSR count). The molecule has 0 saturated heterocycles. The Morgan fingerprint density at radius 2 is 2.00 bits per heavy atom. The fourth-order valence-corrected chi connectivity index (χ4v) is 2.59. The van der Waals surface area contributed by atoms with Crippen molar-refractivity contribution in [1.82, 2.24) is 4.98 Å². The van der Waals surface area contributed by atoms with Crippen molar-refractivity contribution in [2.24, 2.45) is 5.73 Å². The van der Waals surface area contributed by atoms with E-state index in [1.165, 1.54) is 0 Å². The number of nitrogens with zero attached hydrogens (tertiary/aromatic N) is 1. The van der Waals surface area contributed by atoms with E-state index in [4.69, 9.17) is 10.5 Å². The number of benzene rings is 1. The van der Waals surface area contributed by atoms with Gasteiger partial charge in [0.2, 0.25) is 0 Å². The lowest BCUT2D eigenvalue weighted by molar-refractivity contribution is 0.335. The van der Waals surface area contributed by atoms with Crippen LogP contribution in [0.25, 0.3) is 0 Å². The first-order chi connectivity index (χ1) is 9.11. The van der Waals surface area contributed by atoms with E-state index in [2.05, 4.69) is 36.8 Å². The first-order valence-electron chi connectivity index (χ1n) is 5.90. The van der Waals surface area contributed by atoms with Crippen molar-refractivity contribution in [1.29, 1.82) is 0 Å². The molecule has 100 valence electrons. The second kappa shape index (κ2) is 6.50. The largest absolute Gasteiger partial charge is 0.494 e. The fourth-order valence-electron chi connectivity index (χ4n) is 1.83. The Hall–Kier alpha value is -0.910. The average molecular weight is 386 g/mol. The van der Waals surface area contributed by atoms with Gasteiger partial charge in [-0.25, -0.2) is 0 Å². The van der Waals surface area contributed by atoms with Gasteiger partial charge >= 0.3 is 0 Å². The summed E-state index contributed by atoms with van der Waals surface area (Å²) in [6.07, 6.45) is 3.51. The van der Waals surface area contributed by atoms with Gasteiger partial charge in [0.15, 0.2) is 0 Å². The van der Waals surface area contributed by atoms with Gasteiger partial charge in [-0.3, -0.25) is 4.98 Å². The highest BCUT2D eigenvalue weighted by molar-refractivity contribution is 9.10. The van der Waals surface area contributed by atoms with Gasteiger partial charge in [0.25, 0.3) is 0 Å². The van der Waals surface area contributed by atoms with Crippen molar-refractivity contribution in [3.05, 3.63) is 56.7 Å². The van der Waals surface area contributed by atoms with Crippen LogP contribution in [0.2, 0.25) is 0 Å². The Kier molecular flexibility index (Phi) is 4.96. The summed E-state index contributed by atoms with van der Waals surface area (Å²) in [5.74, 6) is 0.804. The van der Waals surface area contributed by atoms with Crippen LogP contribution in [-0.2, 0) is 0 Å². The van der Waals surface area contributed by atoms with Crippen LogP contribution >= 0.6 is 31.9 Å². The third kappa shape index (κ3) is 3.55. The van der Waals surface area contributed by atoms with Gasteiger partial charge in [0.05, 0.1) is 12.6 Å². The molecule has 5 heteroatoms. The van der Waals surface area contributed by atoms with Crippen LogP contribution in [0.5, 0.6) is 5.75 Å². The van der Waals surface area contributed by atoms with Crippen LogP contribution in [-0.4, -0.2) is 11.6 Å². The Balaban J connectivity index is 2.42. The van der Waals surface area contributed by atoms with Gasteiger partial charge in [-0.15, -0.1) is 0 Å². The number of ether oxygens (including phenoxy) is 1. The molecule has 0 aliphatic rings. The van der Waals surface area contributed by atoms with Gasteiger partial charge in [-0.05, 0) is 52.7 Å². The highest BCUT2D eigenvalue weighted by atomic mass is 79.9. The van der Waals surface area contributed by atoms with E-state index in [1.54, 1.807) is 12.4 Å². The first kappa shape index (κ1) is 14.5. The van der Waals surface area contributed by atoms with Crippen molar-refractivity contribution in [2.75, 3.05) is 6.61 Å². The lowest BCUT2D eigenvalue weighted by Gasteiger charge is -2.17. The summed E-state index contributed by atoms with van der Waals surface area (Å²) in [4.78, 5) is 4.15. The zero-order valence-corrected chi connectivity index (χ0v) is 13.6. The summed E-state index contributed by atoms with van der Waals surface area (Å²) in [7, 11) is 0. The highest BCUT2D eigenvalue weighted by Gasteiger charge is 2.15. The van der Waals surface area contributed by atoms with Crippen LogP contribution in [0.4, 0.5) is 0 Å². The van der Waals surface area contributed by atoms with Crippen molar-refractivity contribution >= 4 is 31.9 Å². The molecule has 1 aromatic carbocycles. The fraction of sp³-hybridized carbons (Fsp3) is 0.214. The number of halogens is 2. The molecule has 0 radical (unpaired) electrons. The molecule has 0 bridgehead atoms. The average Bonchev–Trinajstić information content (AvgIpc) is 2.40. The minimum absolute atomic E-state index is 0.274. The van der Waals surface area contributed by atoms with E-state index >= 15 is 0 Å². The Bertz CT molecular complexity index is 575. The molecular weight excluding hydrogens is 372 g/mol. The number of hydrogen-bond acceptors (Lipinski definition) is 3. The van der Waals surface area contributed by atoms with Gasteiger partial charge < -0.3 is 10.5 Å². The third-order valence-corrected chi connectivity index (χ3v) is 3.62. The zero-order chi connectivity index (χ0) is 13.8. The zero-order valence-electron chi connectivity index (χ0n) is 10.4. The molecule has 0 aliphatic heterocycles. The number of rotatable bonds is 4. The number of nitrogens with two attached hydrogens (primary N) is 1. The quantitative estimate of drug-likeness (QED) is 0.863. The Labute approximate surface area is 129 Å². The van der Waals surface area contributed by atoms with E-state index < -0.39 is 0 Å². The summed E-state index contributed by atoms with van der Waals surface area (Å²) >= 11 is 6.87. The molecule has 0 spiro atoms. The smallest absolute Gasteiger partial charge is 0.124 e. The van der Waals surface area contributed by atoms with E-state index in [1.807, 2.05) is 31.2 Å². The molecule has 0 saturated carbocycles. The van der Waals surface area contributed by atoms with Crippen LogP contribution in [0.15, 0.2) is 45.6 Å². The predicted octanol–water partition coefficient (Wildman–Crippen LogP) is 4.05. The molecule has 0 amide bonds. The normalized spacial score (nSPS) is 12.2. The van der Waals surface area contributed by atoms with E-state index in [9.17, 15) is 0 Å². The van der Waals surface area contributed by atoms with Gasteiger partial charge in [-0.2, -0.15) is 0 Å². The maximum absolute atomic E-state index is 6.32. The monoisotopic (exact) mass is 384 g/mol. The molecule has 19 heavy (non-hydrogen) atoms. The molecule has 1 aromatic heterocycles. The van der Waals surface area contributed by atoms with E-state index in [-0.39, 0.29) is 6.04 Å². The second-order valence-corrected chi connectivity index (χ2v) is 5.86. The molecule has 1 heterocycles. The standard InChI is InChI=1S/C14H14Br2N2O/c1-2-19-13-4-3-10(15)6-12(13)14(17)9-5-11(16)8-18-7-9/h3-8,14H,2,17H2,1H3. The summed E-state index contributed by atoms with van der Waals surface area (Å²) in [5.41, 5.74) is 8.20. The molecule has 2 aromatic rings. The first-order valence-corrected chi connectivity index (χ1v) is 7.48. The summed E-state index contributed by atoms with van der Waals surface area (Å²) in [6, 6.07) is 7.54. The van der Waals surface area contributed by atoms with Gasteiger partial charge in [-0.1, -0.05) is 15.9 Å². The van der Waals surface area contributed by atoms with Gasteiger partial charge in [0, 0.05) is 26.9 Å². The lowest BCUT2D eigenvalue weighted by atomic mass is 10.0.